The lowest BCUT2D eigenvalue weighted by Crippen LogP contribution is -2.08. The van der Waals surface area contributed by atoms with Crippen molar-refractivity contribution < 1.29 is 29.0 Å². The number of carbonyl (C=O) groups excluding carboxylic acids is 2. The second-order valence-electron chi connectivity index (χ2n) is 5.30. The Labute approximate surface area is 139 Å². The maximum Gasteiger partial charge on any atom is 0.339 e. The van der Waals surface area contributed by atoms with Gasteiger partial charge in [0.1, 0.15) is 11.3 Å². The molecule has 0 heterocycles. The van der Waals surface area contributed by atoms with Crippen LogP contribution in [0.3, 0.4) is 0 Å². The Kier molecular flexibility index (Phi) is 5.52. The minimum atomic E-state index is -1.22. The van der Waals surface area contributed by atoms with Crippen LogP contribution in [0.25, 0.3) is 10.8 Å². The first-order valence-corrected chi connectivity index (χ1v) is 7.59. The number of rotatable bonds is 6. The van der Waals surface area contributed by atoms with Crippen LogP contribution in [0.15, 0.2) is 30.3 Å². The van der Waals surface area contributed by atoms with Crippen LogP contribution in [0.4, 0.5) is 0 Å². The molecule has 0 fully saturated rings. The summed E-state index contributed by atoms with van der Waals surface area (Å²) in [4.78, 5) is 34.5. The summed E-state index contributed by atoms with van der Waals surface area (Å²) in [5.74, 6) is -2.30. The Bertz CT molecular complexity index is 793. The summed E-state index contributed by atoms with van der Waals surface area (Å²) >= 11 is 0. The molecule has 2 aromatic carbocycles. The lowest BCUT2D eigenvalue weighted by molar-refractivity contribution is -0.131. The van der Waals surface area contributed by atoms with E-state index in [4.69, 9.17) is 9.47 Å². The van der Waals surface area contributed by atoms with Crippen molar-refractivity contribution in [2.45, 2.75) is 26.7 Å². The number of carboxylic acid groups (broad SMARTS) is 1. The highest BCUT2D eigenvalue weighted by molar-refractivity contribution is 6.01. The van der Waals surface area contributed by atoms with Crippen LogP contribution in [0.2, 0.25) is 0 Å². The van der Waals surface area contributed by atoms with Gasteiger partial charge in [0, 0.05) is 6.92 Å². The van der Waals surface area contributed by atoms with Crippen LogP contribution in [0.5, 0.6) is 5.75 Å². The van der Waals surface area contributed by atoms with Gasteiger partial charge in [0.25, 0.3) is 0 Å². The van der Waals surface area contributed by atoms with Crippen molar-refractivity contribution in [1.29, 1.82) is 0 Å². The van der Waals surface area contributed by atoms with Crippen LogP contribution < -0.4 is 4.74 Å². The zero-order chi connectivity index (χ0) is 17.7. The Morgan fingerprint density at radius 1 is 1.08 bits per heavy atom. The van der Waals surface area contributed by atoms with Gasteiger partial charge in [-0.15, -0.1) is 0 Å². The summed E-state index contributed by atoms with van der Waals surface area (Å²) in [5, 5.41) is 10.5. The van der Waals surface area contributed by atoms with Crippen LogP contribution in [-0.4, -0.2) is 29.6 Å². The molecule has 126 valence electrons. The zero-order valence-electron chi connectivity index (χ0n) is 13.5. The summed E-state index contributed by atoms with van der Waals surface area (Å²) in [7, 11) is 0. The summed E-state index contributed by atoms with van der Waals surface area (Å²) in [5.41, 5.74) is 0.198. The molecular weight excluding hydrogens is 312 g/mol. The number of benzene rings is 2. The average Bonchev–Trinajstić information content (AvgIpc) is 2.53. The summed E-state index contributed by atoms with van der Waals surface area (Å²) < 4.78 is 10.1. The van der Waals surface area contributed by atoms with E-state index in [0.717, 1.165) is 12.8 Å². The molecular formula is C18H18O6. The van der Waals surface area contributed by atoms with Gasteiger partial charge in [-0.3, -0.25) is 4.79 Å². The van der Waals surface area contributed by atoms with E-state index < -0.39 is 17.9 Å². The highest BCUT2D eigenvalue weighted by Crippen LogP contribution is 2.27. The second-order valence-corrected chi connectivity index (χ2v) is 5.30. The number of carbonyl (C=O) groups is 3. The number of esters is 2. The van der Waals surface area contributed by atoms with Gasteiger partial charge >= 0.3 is 17.9 Å². The second kappa shape index (κ2) is 7.59. The highest BCUT2D eigenvalue weighted by atomic mass is 16.5. The van der Waals surface area contributed by atoms with Crippen molar-refractivity contribution in [3.05, 3.63) is 41.5 Å². The number of aromatic carboxylic acids is 1. The van der Waals surface area contributed by atoms with E-state index in [1.165, 1.54) is 19.1 Å². The fourth-order valence-corrected chi connectivity index (χ4v) is 2.20. The first-order chi connectivity index (χ1) is 11.4. The van der Waals surface area contributed by atoms with E-state index in [1.54, 1.807) is 18.2 Å². The summed E-state index contributed by atoms with van der Waals surface area (Å²) in [6.07, 6.45) is 1.71. The van der Waals surface area contributed by atoms with E-state index >= 15 is 0 Å². The monoisotopic (exact) mass is 330 g/mol. The molecule has 0 saturated carbocycles. The Hall–Kier alpha value is -2.89. The minimum Gasteiger partial charge on any atom is -0.478 e. The molecule has 0 bridgehead atoms. The van der Waals surface area contributed by atoms with Crippen LogP contribution >= 0.6 is 0 Å². The maximum atomic E-state index is 12.0. The number of unbranched alkanes of at least 4 members (excludes halogenated alkanes) is 1. The molecule has 24 heavy (non-hydrogen) atoms. The molecule has 0 aliphatic heterocycles. The predicted molar refractivity (Wildman–Crippen MR) is 87.4 cm³/mol. The molecule has 6 heteroatoms. The maximum absolute atomic E-state index is 12.0. The zero-order valence-corrected chi connectivity index (χ0v) is 13.5. The molecule has 2 rings (SSSR count). The SMILES string of the molecule is CCCCOC(=O)c1ccc2cc(OC(C)=O)c(C(=O)O)cc2c1. The predicted octanol–water partition coefficient (Wildman–Crippen LogP) is 3.42. The number of carboxylic acids is 1. The van der Waals surface area contributed by atoms with E-state index in [2.05, 4.69) is 0 Å². The largest absolute Gasteiger partial charge is 0.478 e. The van der Waals surface area contributed by atoms with Gasteiger partial charge in [0.15, 0.2) is 0 Å². The normalized spacial score (nSPS) is 10.4. The van der Waals surface area contributed by atoms with E-state index in [-0.39, 0.29) is 11.3 Å². The fraction of sp³-hybridized carbons (Fsp3) is 0.278. The van der Waals surface area contributed by atoms with Gasteiger partial charge in [-0.25, -0.2) is 9.59 Å². The van der Waals surface area contributed by atoms with Crippen molar-refractivity contribution in [2.75, 3.05) is 6.61 Å². The number of hydrogen-bond acceptors (Lipinski definition) is 5. The van der Waals surface area contributed by atoms with E-state index in [0.29, 0.717) is 22.9 Å². The molecule has 0 saturated heterocycles. The molecule has 0 amide bonds. The minimum absolute atomic E-state index is 0.0271. The van der Waals surface area contributed by atoms with Crippen LogP contribution in [-0.2, 0) is 9.53 Å². The van der Waals surface area contributed by atoms with Crippen molar-refractivity contribution in [3.63, 3.8) is 0 Å². The topological polar surface area (TPSA) is 89.9 Å². The first-order valence-electron chi connectivity index (χ1n) is 7.59. The van der Waals surface area contributed by atoms with Gasteiger partial charge in [-0.2, -0.15) is 0 Å². The Morgan fingerprint density at radius 3 is 2.46 bits per heavy atom. The molecule has 0 spiro atoms. The van der Waals surface area contributed by atoms with Gasteiger partial charge in [0.05, 0.1) is 12.2 Å². The van der Waals surface area contributed by atoms with Crippen LogP contribution in [0, 0.1) is 0 Å². The summed E-state index contributed by atoms with van der Waals surface area (Å²) in [6, 6.07) is 7.65. The molecule has 2 aromatic rings. The lowest BCUT2D eigenvalue weighted by atomic mass is 10.0. The van der Waals surface area contributed by atoms with Gasteiger partial charge < -0.3 is 14.6 Å². The number of ether oxygens (including phenoxy) is 2. The average molecular weight is 330 g/mol. The van der Waals surface area contributed by atoms with Crippen molar-refractivity contribution in [3.8, 4) is 5.75 Å². The molecule has 0 unspecified atom stereocenters. The van der Waals surface area contributed by atoms with E-state index in [9.17, 15) is 19.5 Å². The van der Waals surface area contributed by atoms with Gasteiger partial charge in [0.2, 0.25) is 0 Å². The number of fused-ring (bicyclic) bond motifs is 1. The fourth-order valence-electron chi connectivity index (χ4n) is 2.20. The van der Waals surface area contributed by atoms with Crippen molar-refractivity contribution >= 4 is 28.7 Å². The van der Waals surface area contributed by atoms with Crippen molar-refractivity contribution in [1.82, 2.24) is 0 Å². The molecule has 0 atom stereocenters. The molecule has 6 nitrogen and oxygen atoms in total. The van der Waals surface area contributed by atoms with E-state index in [1.807, 2.05) is 6.92 Å². The molecule has 0 aliphatic carbocycles. The first kappa shape index (κ1) is 17.5. The Morgan fingerprint density at radius 2 is 1.83 bits per heavy atom. The third kappa shape index (κ3) is 4.10. The van der Waals surface area contributed by atoms with Gasteiger partial charge in [-0.05, 0) is 41.5 Å². The summed E-state index contributed by atoms with van der Waals surface area (Å²) in [6.45, 7) is 3.54. The quantitative estimate of drug-likeness (QED) is 0.496. The van der Waals surface area contributed by atoms with Crippen molar-refractivity contribution in [2.24, 2.45) is 0 Å². The van der Waals surface area contributed by atoms with Gasteiger partial charge in [-0.1, -0.05) is 19.4 Å². The molecule has 0 aromatic heterocycles. The number of hydrogen-bond donors (Lipinski definition) is 1. The Balaban J connectivity index is 2.40. The standard InChI is InChI=1S/C18H18O6/c1-3-4-7-23-18(22)13-6-5-12-10-16(24-11(2)19)15(17(20)21)9-14(12)8-13/h5-6,8-10H,3-4,7H2,1-2H3,(H,20,21). The smallest absolute Gasteiger partial charge is 0.339 e. The third-order valence-corrected chi connectivity index (χ3v) is 3.39. The van der Waals surface area contributed by atoms with Crippen LogP contribution in [0.1, 0.15) is 47.4 Å². The molecule has 1 N–H and O–H groups in total. The molecule has 0 radical (unpaired) electrons. The molecule has 0 aliphatic rings. The lowest BCUT2D eigenvalue weighted by Gasteiger charge is -2.09. The highest BCUT2D eigenvalue weighted by Gasteiger charge is 2.16. The third-order valence-electron chi connectivity index (χ3n) is 3.39.